The summed E-state index contributed by atoms with van der Waals surface area (Å²) in [5.74, 6) is 0. The SMILES string of the molecule is CN1CCN(CC[N]CCN2CCN(C)CC2)CC1. The third kappa shape index (κ3) is 5.75. The number of likely N-dealkylation sites (N-methyl/N-ethyl adjacent to an activating group) is 2. The first-order valence-corrected chi connectivity index (χ1v) is 7.69. The van der Waals surface area contributed by atoms with E-state index in [1.165, 1.54) is 52.4 Å². The second-order valence-corrected chi connectivity index (χ2v) is 5.96. The lowest BCUT2D eigenvalue weighted by molar-refractivity contribution is 0.147. The van der Waals surface area contributed by atoms with E-state index in [9.17, 15) is 0 Å². The van der Waals surface area contributed by atoms with Gasteiger partial charge in [0.05, 0.1) is 0 Å². The summed E-state index contributed by atoms with van der Waals surface area (Å²) in [4.78, 5) is 9.89. The lowest BCUT2D eigenvalue weighted by atomic mass is 10.3. The van der Waals surface area contributed by atoms with Crippen LogP contribution in [0.25, 0.3) is 0 Å². The normalized spacial score (nSPS) is 24.9. The zero-order valence-corrected chi connectivity index (χ0v) is 12.7. The van der Waals surface area contributed by atoms with Gasteiger partial charge in [-0.05, 0) is 14.1 Å². The standard InChI is InChI=1S/C14H30N5/c1-16-7-11-18(12-8-16)5-3-15-4-6-19-13-9-17(2)10-14-19/h3-14H2,1-2H3. The van der Waals surface area contributed by atoms with E-state index in [0.29, 0.717) is 0 Å². The number of piperazine rings is 2. The van der Waals surface area contributed by atoms with Crippen LogP contribution in [0.5, 0.6) is 0 Å². The number of nitrogens with zero attached hydrogens (tertiary/aromatic N) is 5. The van der Waals surface area contributed by atoms with Crippen LogP contribution in [-0.2, 0) is 0 Å². The molecule has 1 radical (unpaired) electrons. The van der Waals surface area contributed by atoms with Crippen LogP contribution in [-0.4, -0.2) is 112 Å². The largest absolute Gasteiger partial charge is 0.304 e. The topological polar surface area (TPSA) is 27.1 Å². The predicted molar refractivity (Wildman–Crippen MR) is 79.7 cm³/mol. The second kappa shape index (κ2) is 8.17. The first-order chi connectivity index (χ1) is 9.24. The van der Waals surface area contributed by atoms with E-state index < -0.39 is 0 Å². The third-order valence-electron chi connectivity index (χ3n) is 4.34. The number of hydrogen-bond acceptors (Lipinski definition) is 4. The highest BCUT2D eigenvalue weighted by atomic mass is 15.3. The van der Waals surface area contributed by atoms with Crippen LogP contribution in [0.3, 0.4) is 0 Å². The average molecular weight is 268 g/mol. The molecule has 19 heavy (non-hydrogen) atoms. The Hall–Kier alpha value is -0.200. The first-order valence-electron chi connectivity index (χ1n) is 7.69. The molecular formula is C14H30N5. The van der Waals surface area contributed by atoms with Crippen LogP contribution >= 0.6 is 0 Å². The second-order valence-electron chi connectivity index (χ2n) is 5.96. The van der Waals surface area contributed by atoms with Gasteiger partial charge in [-0.25, -0.2) is 5.32 Å². The molecule has 0 aromatic heterocycles. The van der Waals surface area contributed by atoms with Crippen molar-refractivity contribution in [2.45, 2.75) is 0 Å². The van der Waals surface area contributed by atoms with Crippen LogP contribution in [0.1, 0.15) is 0 Å². The van der Waals surface area contributed by atoms with Crippen LogP contribution in [0, 0.1) is 0 Å². The van der Waals surface area contributed by atoms with Crippen LogP contribution in [0.15, 0.2) is 0 Å². The molecule has 2 rings (SSSR count). The van der Waals surface area contributed by atoms with Gasteiger partial charge in [-0.3, -0.25) is 9.80 Å². The molecule has 0 bridgehead atoms. The molecule has 2 heterocycles. The number of rotatable bonds is 6. The third-order valence-corrected chi connectivity index (χ3v) is 4.34. The van der Waals surface area contributed by atoms with E-state index in [2.05, 4.69) is 39.0 Å². The Labute approximate surface area is 118 Å². The molecule has 2 aliphatic rings. The predicted octanol–water partition coefficient (Wildman–Crippen LogP) is -0.914. The van der Waals surface area contributed by atoms with E-state index in [0.717, 1.165) is 26.2 Å². The summed E-state index contributed by atoms with van der Waals surface area (Å²) < 4.78 is 0. The van der Waals surface area contributed by atoms with Gasteiger partial charge in [0.1, 0.15) is 0 Å². The molecular weight excluding hydrogens is 238 g/mol. The van der Waals surface area contributed by atoms with Crippen molar-refractivity contribution in [3.05, 3.63) is 0 Å². The monoisotopic (exact) mass is 268 g/mol. The summed E-state index contributed by atoms with van der Waals surface area (Å²) in [6, 6.07) is 0. The molecule has 0 aromatic rings. The van der Waals surface area contributed by atoms with E-state index in [4.69, 9.17) is 0 Å². The summed E-state index contributed by atoms with van der Waals surface area (Å²) in [6.45, 7) is 14.0. The van der Waals surface area contributed by atoms with Crippen molar-refractivity contribution in [1.29, 1.82) is 0 Å². The summed E-state index contributed by atoms with van der Waals surface area (Å²) in [5.41, 5.74) is 0. The highest BCUT2D eigenvalue weighted by Gasteiger charge is 2.14. The highest BCUT2D eigenvalue weighted by Crippen LogP contribution is 1.99. The Morgan fingerprint density at radius 2 is 1.00 bits per heavy atom. The molecule has 2 fully saturated rings. The van der Waals surface area contributed by atoms with Gasteiger partial charge in [0, 0.05) is 78.5 Å². The zero-order valence-electron chi connectivity index (χ0n) is 12.7. The van der Waals surface area contributed by atoms with Gasteiger partial charge in [0.2, 0.25) is 0 Å². The Kier molecular flexibility index (Phi) is 6.53. The highest BCUT2D eigenvalue weighted by molar-refractivity contribution is 4.71. The van der Waals surface area contributed by atoms with E-state index in [1.54, 1.807) is 0 Å². The van der Waals surface area contributed by atoms with Gasteiger partial charge < -0.3 is 9.80 Å². The molecule has 5 heteroatoms. The molecule has 0 aromatic carbocycles. The van der Waals surface area contributed by atoms with Crippen LogP contribution in [0.4, 0.5) is 0 Å². The smallest absolute Gasteiger partial charge is 0.0261 e. The van der Waals surface area contributed by atoms with Crippen molar-refractivity contribution < 1.29 is 0 Å². The minimum Gasteiger partial charge on any atom is -0.304 e. The lowest BCUT2D eigenvalue weighted by Crippen LogP contribution is -2.47. The molecule has 0 amide bonds. The maximum Gasteiger partial charge on any atom is 0.0261 e. The van der Waals surface area contributed by atoms with Crippen molar-refractivity contribution in [3.8, 4) is 0 Å². The van der Waals surface area contributed by atoms with Crippen molar-refractivity contribution in [2.75, 3.05) is 92.6 Å². The zero-order chi connectivity index (χ0) is 13.5. The fourth-order valence-corrected chi connectivity index (χ4v) is 2.68. The van der Waals surface area contributed by atoms with Crippen molar-refractivity contribution in [1.82, 2.24) is 24.9 Å². The van der Waals surface area contributed by atoms with Gasteiger partial charge in [-0.2, -0.15) is 0 Å². The average Bonchev–Trinajstić information content (AvgIpc) is 2.43. The van der Waals surface area contributed by atoms with Crippen LogP contribution < -0.4 is 5.32 Å². The fraction of sp³-hybridized carbons (Fsp3) is 1.00. The van der Waals surface area contributed by atoms with E-state index in [1.807, 2.05) is 0 Å². The first kappa shape index (κ1) is 15.2. The molecule has 0 aliphatic carbocycles. The van der Waals surface area contributed by atoms with Gasteiger partial charge in [-0.1, -0.05) is 0 Å². The molecule has 0 atom stereocenters. The maximum absolute atomic E-state index is 4.69. The minimum atomic E-state index is 1.01. The Morgan fingerprint density at radius 3 is 1.37 bits per heavy atom. The Morgan fingerprint density at radius 1 is 0.632 bits per heavy atom. The van der Waals surface area contributed by atoms with E-state index >= 15 is 0 Å². The molecule has 0 N–H and O–H groups in total. The summed E-state index contributed by atoms with van der Waals surface area (Å²) in [7, 11) is 4.41. The molecule has 0 spiro atoms. The molecule has 0 unspecified atom stereocenters. The van der Waals surface area contributed by atoms with E-state index in [-0.39, 0.29) is 0 Å². The molecule has 2 aliphatic heterocycles. The Bertz CT molecular complexity index is 208. The summed E-state index contributed by atoms with van der Waals surface area (Å²) in [5, 5.41) is 4.69. The molecule has 5 nitrogen and oxygen atoms in total. The number of hydrogen-bond donors (Lipinski definition) is 0. The van der Waals surface area contributed by atoms with Gasteiger partial charge in [0.25, 0.3) is 0 Å². The maximum atomic E-state index is 4.69. The molecule has 2 saturated heterocycles. The van der Waals surface area contributed by atoms with Gasteiger partial charge in [-0.15, -0.1) is 0 Å². The van der Waals surface area contributed by atoms with Crippen LogP contribution in [0.2, 0.25) is 0 Å². The van der Waals surface area contributed by atoms with Crippen molar-refractivity contribution in [2.24, 2.45) is 0 Å². The lowest BCUT2D eigenvalue weighted by Gasteiger charge is -2.33. The van der Waals surface area contributed by atoms with Gasteiger partial charge in [0.15, 0.2) is 0 Å². The summed E-state index contributed by atoms with van der Waals surface area (Å²) >= 11 is 0. The fourth-order valence-electron chi connectivity index (χ4n) is 2.68. The quantitative estimate of drug-likeness (QED) is 0.583. The molecule has 0 saturated carbocycles. The van der Waals surface area contributed by atoms with Crippen molar-refractivity contribution >= 4 is 0 Å². The molecule has 111 valence electrons. The van der Waals surface area contributed by atoms with Gasteiger partial charge >= 0.3 is 0 Å². The minimum absolute atomic E-state index is 1.01. The van der Waals surface area contributed by atoms with Crippen molar-refractivity contribution in [3.63, 3.8) is 0 Å². The Balaban J connectivity index is 1.44. The summed E-state index contributed by atoms with van der Waals surface area (Å²) in [6.07, 6.45) is 0.